The Morgan fingerprint density at radius 3 is 1.71 bits per heavy atom. The maximum atomic E-state index is 11.0. The van der Waals surface area contributed by atoms with Gasteiger partial charge in [-0.25, -0.2) is 0 Å². The first-order chi connectivity index (χ1) is 20.6. The van der Waals surface area contributed by atoms with Crippen LogP contribution in [0.25, 0.3) is 0 Å². The second-order valence-electron chi connectivity index (χ2n) is 11.3. The average Bonchev–Trinajstić information content (AvgIpc) is 2.93. The highest BCUT2D eigenvalue weighted by Crippen LogP contribution is 2.30. The minimum atomic E-state index is -4.67. The van der Waals surface area contributed by atoms with Crippen molar-refractivity contribution in [1.29, 1.82) is 0 Å². The van der Waals surface area contributed by atoms with Crippen LogP contribution in [0, 0.1) is 5.92 Å². The molecule has 0 aromatic heterocycles. The fourth-order valence-corrected chi connectivity index (χ4v) is 4.71. The first kappa shape index (κ1) is 41.8. The Bertz CT molecular complexity index is 992. The maximum Gasteiger partial charge on any atom is 0.394 e. The molecule has 0 aromatic carbocycles. The molecule has 2 saturated heterocycles. The summed E-state index contributed by atoms with van der Waals surface area (Å²) in [5, 5.41) is 58.9. The molecule has 3 rings (SSSR count). The number of hydrogen-bond donors (Lipinski definition) is 14. The van der Waals surface area contributed by atoms with Gasteiger partial charge in [-0.3, -0.25) is 13.9 Å². The summed E-state index contributed by atoms with van der Waals surface area (Å²) in [4.78, 5) is 10.0. The number of ether oxygens (including phenoxy) is 4. The monoisotopic (exact) mass is 682 g/mol. The van der Waals surface area contributed by atoms with E-state index >= 15 is 0 Å². The van der Waals surface area contributed by atoms with Crippen LogP contribution in [0.1, 0.15) is 26.7 Å². The SMILES string of the molecule is CC(C)[C@H](N)C(=O)O.NC[C@H]1O[C@H](O[C@H]2[C@H](O)[C@@H](O[C@H]3O[C@H](CO)[C@@H](O)[C@H](N)[C@H]3O)[C@H](N)C[C@@H]2N)[C@H](N)C[C@@H]1O.O=S(=O)(O)O. The maximum absolute atomic E-state index is 11.0. The van der Waals surface area contributed by atoms with E-state index in [9.17, 15) is 30.3 Å². The van der Waals surface area contributed by atoms with Crippen molar-refractivity contribution in [3.8, 4) is 0 Å². The third-order valence-corrected chi connectivity index (χ3v) is 7.42. The van der Waals surface area contributed by atoms with Gasteiger partial charge in [0, 0.05) is 18.6 Å². The summed E-state index contributed by atoms with van der Waals surface area (Å²) >= 11 is 0. The van der Waals surface area contributed by atoms with Crippen LogP contribution >= 0.6 is 0 Å². The zero-order valence-electron chi connectivity index (χ0n) is 24.9. The van der Waals surface area contributed by atoms with Gasteiger partial charge in [0.15, 0.2) is 12.6 Å². The van der Waals surface area contributed by atoms with Crippen LogP contribution in [0.3, 0.4) is 0 Å². The van der Waals surface area contributed by atoms with Gasteiger partial charge < -0.3 is 84.0 Å². The number of hydrogen-bond acceptors (Lipinski definition) is 18. The van der Waals surface area contributed by atoms with Crippen LogP contribution in [-0.2, 0) is 34.1 Å². The molecule has 22 heteroatoms. The minimum absolute atomic E-state index is 0.0208. The fraction of sp³-hybridized carbons (Fsp3) is 0.957. The molecule has 3 aliphatic rings. The Morgan fingerprint density at radius 2 is 1.31 bits per heavy atom. The van der Waals surface area contributed by atoms with Gasteiger partial charge in [-0.2, -0.15) is 8.42 Å². The van der Waals surface area contributed by atoms with Gasteiger partial charge >= 0.3 is 16.4 Å². The van der Waals surface area contributed by atoms with Gasteiger partial charge in [-0.05, 0) is 18.8 Å². The number of aliphatic carboxylic acids is 1. The van der Waals surface area contributed by atoms with Crippen LogP contribution in [0.4, 0.5) is 0 Å². The second-order valence-corrected chi connectivity index (χ2v) is 12.2. The van der Waals surface area contributed by atoms with E-state index in [1.807, 2.05) is 0 Å². The van der Waals surface area contributed by atoms with Crippen LogP contribution < -0.4 is 34.4 Å². The quantitative estimate of drug-likeness (QED) is 0.106. The highest BCUT2D eigenvalue weighted by molar-refractivity contribution is 7.79. The Balaban J connectivity index is 0.000000654. The van der Waals surface area contributed by atoms with Gasteiger partial charge in [0.05, 0.1) is 30.9 Å². The standard InChI is InChI=1S/C18H37N5O9.C5H11NO2.H2O4S/c19-3-9-8(25)2-7(22)17(29-9)31-15-5(20)1-6(21)16(14(15)28)32-18-13(27)11(23)12(26)10(4-24)30-18;1-3(2)4(6)5(7)8;1-5(2,3)4/h5-18,24-28H,1-4,19-23H2;3-4H,6H2,1-2H3,(H,7,8);(H2,1,2,3,4)/t5-,6+,7+,8-,9+,10+,11-,12+,13+,14-,15+,16-,17+,18+;4-;/m00./s1. The summed E-state index contributed by atoms with van der Waals surface area (Å²) in [6.07, 6.45) is -10.8. The topological polar surface area (TPSA) is 406 Å². The first-order valence-electron chi connectivity index (χ1n) is 14.0. The molecule has 20 N–H and O–H groups in total. The van der Waals surface area contributed by atoms with Crippen molar-refractivity contribution in [2.45, 2.75) is 118 Å². The molecule has 3 fully saturated rings. The molecule has 0 spiro atoms. The number of carboxylic acid groups (broad SMARTS) is 1. The summed E-state index contributed by atoms with van der Waals surface area (Å²) in [6, 6.07) is -3.98. The lowest BCUT2D eigenvalue weighted by molar-refractivity contribution is -0.314. The fourth-order valence-electron chi connectivity index (χ4n) is 4.71. The van der Waals surface area contributed by atoms with Gasteiger partial charge in [0.25, 0.3) is 0 Å². The first-order valence-corrected chi connectivity index (χ1v) is 15.4. The largest absolute Gasteiger partial charge is 0.480 e. The molecule has 21 nitrogen and oxygen atoms in total. The predicted octanol–water partition coefficient (Wildman–Crippen LogP) is -6.89. The smallest absolute Gasteiger partial charge is 0.394 e. The lowest BCUT2D eigenvalue weighted by Crippen LogP contribution is -2.68. The number of aliphatic hydroxyl groups excluding tert-OH is 5. The molecule has 0 aromatic rings. The van der Waals surface area contributed by atoms with E-state index in [4.69, 9.17) is 76.0 Å². The lowest BCUT2D eigenvalue weighted by Gasteiger charge is -2.47. The molecule has 15 atom stereocenters. The molecular weight excluding hydrogens is 632 g/mol. The Hall–Kier alpha value is -1.26. The van der Waals surface area contributed by atoms with Gasteiger partial charge in [0.1, 0.15) is 42.7 Å². The molecule has 2 heterocycles. The number of nitrogens with two attached hydrogens (primary N) is 6. The van der Waals surface area contributed by atoms with Crippen molar-refractivity contribution >= 4 is 16.4 Å². The highest BCUT2D eigenvalue weighted by atomic mass is 32.3. The van der Waals surface area contributed by atoms with Crippen molar-refractivity contribution in [3.05, 3.63) is 0 Å². The highest BCUT2D eigenvalue weighted by Gasteiger charge is 2.50. The lowest BCUT2D eigenvalue weighted by atomic mass is 9.84. The summed E-state index contributed by atoms with van der Waals surface area (Å²) < 4.78 is 54.3. The van der Waals surface area contributed by atoms with E-state index in [1.165, 1.54) is 0 Å². The van der Waals surface area contributed by atoms with Gasteiger partial charge in [0.2, 0.25) is 0 Å². The Kier molecular flexibility index (Phi) is 17.0. The molecule has 1 saturated carbocycles. The molecular formula is C23H50N6O15S. The van der Waals surface area contributed by atoms with Gasteiger partial charge in [-0.1, -0.05) is 13.8 Å². The van der Waals surface area contributed by atoms with Crippen molar-refractivity contribution in [3.63, 3.8) is 0 Å². The van der Waals surface area contributed by atoms with E-state index in [-0.39, 0.29) is 25.3 Å². The zero-order valence-corrected chi connectivity index (χ0v) is 25.7. The predicted molar refractivity (Wildman–Crippen MR) is 153 cm³/mol. The molecule has 1 aliphatic carbocycles. The summed E-state index contributed by atoms with van der Waals surface area (Å²) in [7, 11) is -4.67. The molecule has 2 aliphatic heterocycles. The third kappa shape index (κ3) is 12.7. The molecule has 0 radical (unpaired) electrons. The van der Waals surface area contributed by atoms with Crippen LogP contribution in [-0.4, -0.2) is 159 Å². The second kappa shape index (κ2) is 18.3. The molecule has 268 valence electrons. The molecule has 0 amide bonds. The van der Waals surface area contributed by atoms with E-state index in [2.05, 4.69) is 0 Å². The van der Waals surface area contributed by atoms with E-state index in [0.29, 0.717) is 0 Å². The zero-order chi connectivity index (χ0) is 35.0. The van der Waals surface area contributed by atoms with Crippen LogP contribution in [0.15, 0.2) is 0 Å². The van der Waals surface area contributed by atoms with Crippen molar-refractivity contribution in [2.24, 2.45) is 40.3 Å². The van der Waals surface area contributed by atoms with Crippen LogP contribution in [0.5, 0.6) is 0 Å². The van der Waals surface area contributed by atoms with E-state index < -0.39 is 115 Å². The summed E-state index contributed by atoms with van der Waals surface area (Å²) in [5.74, 6) is -0.910. The van der Waals surface area contributed by atoms with Crippen molar-refractivity contribution in [2.75, 3.05) is 13.2 Å². The van der Waals surface area contributed by atoms with E-state index in [0.717, 1.165) is 0 Å². The normalized spacial score (nSPS) is 41.2. The third-order valence-electron chi connectivity index (χ3n) is 7.42. The van der Waals surface area contributed by atoms with Gasteiger partial charge in [-0.15, -0.1) is 0 Å². The van der Waals surface area contributed by atoms with E-state index in [1.54, 1.807) is 13.8 Å². The molecule has 0 unspecified atom stereocenters. The van der Waals surface area contributed by atoms with Crippen LogP contribution in [0.2, 0.25) is 0 Å². The summed E-state index contributed by atoms with van der Waals surface area (Å²) in [5.41, 5.74) is 34.9. The Labute approximate surface area is 260 Å². The number of rotatable bonds is 8. The Morgan fingerprint density at radius 1 is 0.844 bits per heavy atom. The molecule has 0 bridgehead atoms. The summed E-state index contributed by atoms with van der Waals surface area (Å²) in [6.45, 7) is 3.05. The molecule has 45 heavy (non-hydrogen) atoms. The van der Waals surface area contributed by atoms with Crippen molar-refractivity contribution in [1.82, 2.24) is 0 Å². The number of carboxylic acids is 1. The number of carbonyl (C=O) groups is 1. The van der Waals surface area contributed by atoms with Crippen molar-refractivity contribution < 1.29 is 71.9 Å². The average molecular weight is 683 g/mol. The minimum Gasteiger partial charge on any atom is -0.480 e. The number of aliphatic hydroxyl groups is 5.